The predicted molar refractivity (Wildman–Crippen MR) is 70.3 cm³/mol. The number of piperidine rings is 1. The summed E-state index contributed by atoms with van der Waals surface area (Å²) in [5, 5.41) is 3.26. The van der Waals surface area contributed by atoms with Gasteiger partial charge in [-0.3, -0.25) is 4.79 Å². The highest BCUT2D eigenvalue weighted by Gasteiger charge is 2.37. The molecule has 1 atom stereocenters. The molecule has 4 heteroatoms. The van der Waals surface area contributed by atoms with Gasteiger partial charge in [-0.25, -0.2) is 0 Å². The van der Waals surface area contributed by atoms with Gasteiger partial charge in [-0.05, 0) is 37.9 Å². The maximum Gasteiger partial charge on any atom is 0.237 e. The molecule has 98 valence electrons. The minimum Gasteiger partial charge on any atom is -0.494 e. The molecule has 1 aromatic rings. The van der Waals surface area contributed by atoms with Gasteiger partial charge in [0.15, 0.2) is 0 Å². The second kappa shape index (κ2) is 5.87. The standard InChI is InChI=1S/C14H20N2O2/c15-13(17)14(8-4-5-10-16-14)9-11-18-12-6-2-1-3-7-12/h1-3,6-7,16H,4-5,8-11H2,(H2,15,17). The molecule has 1 amide bonds. The normalized spacial score (nSPS) is 23.6. The third kappa shape index (κ3) is 3.01. The van der Waals surface area contributed by atoms with Crippen LogP contribution in [0, 0.1) is 0 Å². The Balaban J connectivity index is 1.88. The lowest BCUT2D eigenvalue weighted by atomic mass is 9.85. The number of carbonyl (C=O) groups excluding carboxylic acids is 1. The van der Waals surface area contributed by atoms with Crippen molar-refractivity contribution in [2.24, 2.45) is 5.73 Å². The first-order chi connectivity index (χ1) is 8.73. The SMILES string of the molecule is NC(=O)C1(CCOc2ccccc2)CCCCN1. The summed E-state index contributed by atoms with van der Waals surface area (Å²) < 4.78 is 5.64. The molecule has 3 N–H and O–H groups in total. The smallest absolute Gasteiger partial charge is 0.237 e. The van der Waals surface area contributed by atoms with Gasteiger partial charge in [-0.15, -0.1) is 0 Å². The Morgan fingerprint density at radius 2 is 2.11 bits per heavy atom. The van der Waals surface area contributed by atoms with Crippen molar-refractivity contribution in [1.82, 2.24) is 5.32 Å². The van der Waals surface area contributed by atoms with E-state index in [1.54, 1.807) is 0 Å². The van der Waals surface area contributed by atoms with Crippen LogP contribution >= 0.6 is 0 Å². The van der Waals surface area contributed by atoms with Crippen molar-refractivity contribution < 1.29 is 9.53 Å². The van der Waals surface area contributed by atoms with Gasteiger partial charge in [0.25, 0.3) is 0 Å². The molecular formula is C14H20N2O2. The molecule has 1 heterocycles. The first kappa shape index (κ1) is 12.9. The van der Waals surface area contributed by atoms with Crippen LogP contribution in [0.3, 0.4) is 0 Å². The summed E-state index contributed by atoms with van der Waals surface area (Å²) in [6.07, 6.45) is 3.58. The number of carbonyl (C=O) groups is 1. The van der Waals surface area contributed by atoms with E-state index < -0.39 is 5.54 Å². The van der Waals surface area contributed by atoms with Gasteiger partial charge >= 0.3 is 0 Å². The summed E-state index contributed by atoms with van der Waals surface area (Å²) in [4.78, 5) is 11.6. The maximum atomic E-state index is 11.6. The van der Waals surface area contributed by atoms with Crippen LogP contribution in [-0.2, 0) is 4.79 Å². The average molecular weight is 248 g/mol. The Morgan fingerprint density at radius 3 is 2.72 bits per heavy atom. The highest BCUT2D eigenvalue weighted by molar-refractivity contribution is 5.84. The molecule has 4 nitrogen and oxygen atoms in total. The van der Waals surface area contributed by atoms with Crippen molar-refractivity contribution >= 4 is 5.91 Å². The molecule has 18 heavy (non-hydrogen) atoms. The van der Waals surface area contributed by atoms with Crippen LogP contribution in [0.5, 0.6) is 5.75 Å². The van der Waals surface area contributed by atoms with Gasteiger partial charge < -0.3 is 15.8 Å². The Hall–Kier alpha value is -1.55. The van der Waals surface area contributed by atoms with Gasteiger partial charge in [0.2, 0.25) is 5.91 Å². The molecular weight excluding hydrogens is 228 g/mol. The van der Waals surface area contributed by atoms with Crippen molar-refractivity contribution in [2.75, 3.05) is 13.2 Å². The molecule has 1 aromatic carbocycles. The van der Waals surface area contributed by atoms with Gasteiger partial charge in [0, 0.05) is 6.42 Å². The third-order valence-electron chi connectivity index (χ3n) is 3.51. The van der Waals surface area contributed by atoms with E-state index in [4.69, 9.17) is 10.5 Å². The van der Waals surface area contributed by atoms with Gasteiger partial charge in [-0.2, -0.15) is 0 Å². The van der Waals surface area contributed by atoms with E-state index in [0.717, 1.165) is 31.6 Å². The zero-order valence-electron chi connectivity index (χ0n) is 10.5. The second-order valence-corrected chi connectivity index (χ2v) is 4.74. The van der Waals surface area contributed by atoms with Crippen molar-refractivity contribution in [1.29, 1.82) is 0 Å². The number of nitrogens with two attached hydrogens (primary N) is 1. The molecule has 1 aliphatic heterocycles. The molecule has 0 spiro atoms. The maximum absolute atomic E-state index is 11.6. The molecule has 1 saturated heterocycles. The van der Waals surface area contributed by atoms with E-state index in [9.17, 15) is 4.79 Å². The van der Waals surface area contributed by atoms with E-state index in [0.29, 0.717) is 13.0 Å². The molecule has 0 aliphatic carbocycles. The number of primary amides is 1. The number of nitrogens with one attached hydrogen (secondary N) is 1. The fraction of sp³-hybridized carbons (Fsp3) is 0.500. The number of hydrogen-bond acceptors (Lipinski definition) is 3. The highest BCUT2D eigenvalue weighted by Crippen LogP contribution is 2.23. The summed E-state index contributed by atoms with van der Waals surface area (Å²) in [6.45, 7) is 1.36. The monoisotopic (exact) mass is 248 g/mol. The molecule has 0 bridgehead atoms. The van der Waals surface area contributed by atoms with Crippen molar-refractivity contribution in [3.63, 3.8) is 0 Å². The van der Waals surface area contributed by atoms with Crippen molar-refractivity contribution in [3.8, 4) is 5.75 Å². The Kier molecular flexibility index (Phi) is 4.20. The molecule has 1 fully saturated rings. The van der Waals surface area contributed by atoms with E-state index in [-0.39, 0.29) is 5.91 Å². The van der Waals surface area contributed by atoms with E-state index in [2.05, 4.69) is 5.32 Å². The van der Waals surface area contributed by atoms with Gasteiger partial charge in [0.05, 0.1) is 6.61 Å². The Labute approximate surface area is 108 Å². The molecule has 1 unspecified atom stereocenters. The molecule has 0 radical (unpaired) electrons. The fourth-order valence-electron chi connectivity index (χ4n) is 2.37. The van der Waals surface area contributed by atoms with Gasteiger partial charge in [-0.1, -0.05) is 18.2 Å². The largest absolute Gasteiger partial charge is 0.494 e. The zero-order chi connectivity index (χ0) is 12.8. The fourth-order valence-corrected chi connectivity index (χ4v) is 2.37. The number of benzene rings is 1. The molecule has 1 aliphatic rings. The Morgan fingerprint density at radius 1 is 1.33 bits per heavy atom. The number of rotatable bonds is 5. The van der Waals surface area contributed by atoms with E-state index in [1.807, 2.05) is 30.3 Å². The first-order valence-corrected chi connectivity index (χ1v) is 6.46. The van der Waals surface area contributed by atoms with Crippen molar-refractivity contribution in [2.45, 2.75) is 31.2 Å². The number of hydrogen-bond donors (Lipinski definition) is 2. The van der Waals surface area contributed by atoms with Crippen LogP contribution in [0.2, 0.25) is 0 Å². The summed E-state index contributed by atoms with van der Waals surface area (Å²) in [7, 11) is 0. The predicted octanol–water partition coefficient (Wildman–Crippen LogP) is 1.45. The summed E-state index contributed by atoms with van der Waals surface area (Å²) in [5.41, 5.74) is 4.95. The summed E-state index contributed by atoms with van der Waals surface area (Å²) in [5.74, 6) is 0.562. The Bertz CT molecular complexity index is 386. The van der Waals surface area contributed by atoms with Gasteiger partial charge in [0.1, 0.15) is 11.3 Å². The summed E-state index contributed by atoms with van der Waals surface area (Å²) in [6, 6.07) is 9.62. The first-order valence-electron chi connectivity index (χ1n) is 6.46. The average Bonchev–Trinajstić information content (AvgIpc) is 2.41. The quantitative estimate of drug-likeness (QED) is 0.829. The lowest BCUT2D eigenvalue weighted by Gasteiger charge is -2.35. The second-order valence-electron chi connectivity index (χ2n) is 4.74. The zero-order valence-corrected chi connectivity index (χ0v) is 10.5. The van der Waals surface area contributed by atoms with E-state index in [1.165, 1.54) is 0 Å². The van der Waals surface area contributed by atoms with Crippen LogP contribution < -0.4 is 15.8 Å². The lowest BCUT2D eigenvalue weighted by Crippen LogP contribution is -2.58. The van der Waals surface area contributed by atoms with Crippen LogP contribution in [-0.4, -0.2) is 24.6 Å². The molecule has 0 saturated carbocycles. The molecule has 2 rings (SSSR count). The highest BCUT2D eigenvalue weighted by atomic mass is 16.5. The minimum atomic E-state index is -0.576. The topological polar surface area (TPSA) is 64.4 Å². The van der Waals surface area contributed by atoms with Crippen LogP contribution in [0.4, 0.5) is 0 Å². The molecule has 0 aromatic heterocycles. The lowest BCUT2D eigenvalue weighted by molar-refractivity contribution is -0.126. The van der Waals surface area contributed by atoms with Crippen LogP contribution in [0.1, 0.15) is 25.7 Å². The van der Waals surface area contributed by atoms with E-state index >= 15 is 0 Å². The van der Waals surface area contributed by atoms with Crippen molar-refractivity contribution in [3.05, 3.63) is 30.3 Å². The van der Waals surface area contributed by atoms with Crippen LogP contribution in [0.15, 0.2) is 30.3 Å². The third-order valence-corrected chi connectivity index (χ3v) is 3.51. The minimum absolute atomic E-state index is 0.265. The summed E-state index contributed by atoms with van der Waals surface area (Å²) >= 11 is 0. The number of amides is 1. The number of para-hydroxylation sites is 1. The van der Waals surface area contributed by atoms with Crippen LogP contribution in [0.25, 0.3) is 0 Å². The number of ether oxygens (including phenoxy) is 1.